The number of furan rings is 1. The van der Waals surface area contributed by atoms with Gasteiger partial charge in [-0.15, -0.1) is 0 Å². The van der Waals surface area contributed by atoms with Crippen LogP contribution in [0, 0.1) is 6.92 Å². The predicted octanol–water partition coefficient (Wildman–Crippen LogP) is 3.37. The molecule has 0 saturated carbocycles. The molecule has 1 aromatic heterocycles. The number of carbonyl (C=O) groups excluding carboxylic acids is 1. The monoisotopic (exact) mass is 296 g/mol. The zero-order valence-electron chi connectivity index (χ0n) is 10.9. The minimum Gasteiger partial charge on any atom is -0.469 e. The molecule has 1 aromatic carbocycles. The number of benzene rings is 1. The lowest BCUT2D eigenvalue weighted by atomic mass is 10.1. The van der Waals surface area contributed by atoms with E-state index in [1.54, 1.807) is 6.92 Å². The summed E-state index contributed by atoms with van der Waals surface area (Å²) in [7, 11) is 0. The molecular formula is C14H11F3N2O2. The molecule has 0 aliphatic carbocycles. The molecule has 0 spiro atoms. The van der Waals surface area contributed by atoms with Crippen molar-refractivity contribution in [1.82, 2.24) is 5.43 Å². The predicted molar refractivity (Wildman–Crippen MR) is 69.9 cm³/mol. The van der Waals surface area contributed by atoms with Gasteiger partial charge in [-0.1, -0.05) is 12.1 Å². The van der Waals surface area contributed by atoms with Gasteiger partial charge in [0.25, 0.3) is 5.91 Å². The fourth-order valence-electron chi connectivity index (χ4n) is 1.64. The molecule has 4 nitrogen and oxygen atoms in total. The molecule has 1 N–H and O–H groups in total. The first-order valence-corrected chi connectivity index (χ1v) is 5.92. The summed E-state index contributed by atoms with van der Waals surface area (Å²) in [5.74, 6) is -0.0637. The van der Waals surface area contributed by atoms with E-state index in [1.165, 1.54) is 24.5 Å². The van der Waals surface area contributed by atoms with Crippen LogP contribution >= 0.6 is 0 Å². The van der Waals surface area contributed by atoms with Crippen molar-refractivity contribution in [3.8, 4) is 0 Å². The number of rotatable bonds is 3. The zero-order chi connectivity index (χ0) is 15.5. The number of alkyl halides is 3. The summed E-state index contributed by atoms with van der Waals surface area (Å²) < 4.78 is 42.5. The number of hydrazone groups is 1. The Morgan fingerprint density at radius 3 is 2.71 bits per heavy atom. The van der Waals surface area contributed by atoms with E-state index in [1.807, 2.05) is 0 Å². The first kappa shape index (κ1) is 14.8. The fourth-order valence-corrected chi connectivity index (χ4v) is 1.64. The van der Waals surface area contributed by atoms with E-state index < -0.39 is 17.6 Å². The van der Waals surface area contributed by atoms with Gasteiger partial charge in [-0.2, -0.15) is 18.3 Å². The van der Waals surface area contributed by atoms with Crippen LogP contribution in [0.25, 0.3) is 0 Å². The molecule has 0 radical (unpaired) electrons. The minimum atomic E-state index is -4.42. The molecule has 0 bridgehead atoms. The molecule has 1 amide bonds. The molecule has 21 heavy (non-hydrogen) atoms. The maximum absolute atomic E-state index is 12.5. The molecule has 7 heteroatoms. The zero-order valence-corrected chi connectivity index (χ0v) is 10.9. The molecule has 2 rings (SSSR count). The minimum absolute atomic E-state index is 0.231. The van der Waals surface area contributed by atoms with Crippen molar-refractivity contribution in [2.24, 2.45) is 5.10 Å². The van der Waals surface area contributed by atoms with E-state index in [4.69, 9.17) is 4.42 Å². The van der Waals surface area contributed by atoms with Gasteiger partial charge in [0.05, 0.1) is 23.6 Å². The maximum atomic E-state index is 12.5. The smallest absolute Gasteiger partial charge is 0.416 e. The van der Waals surface area contributed by atoms with Crippen LogP contribution < -0.4 is 5.43 Å². The number of aryl methyl sites for hydroxylation is 1. The molecule has 0 saturated heterocycles. The second-order valence-corrected chi connectivity index (χ2v) is 4.21. The second kappa shape index (κ2) is 5.82. The van der Waals surface area contributed by atoms with Gasteiger partial charge in [-0.3, -0.25) is 4.79 Å². The SMILES string of the molecule is Cc1occc1C(=O)NN=Cc1cccc(C(F)(F)F)c1. The Hall–Kier alpha value is -2.57. The summed E-state index contributed by atoms with van der Waals surface area (Å²) in [6.45, 7) is 1.62. The van der Waals surface area contributed by atoms with Crippen LogP contribution in [0.4, 0.5) is 13.2 Å². The quantitative estimate of drug-likeness (QED) is 0.697. The number of carbonyl (C=O) groups is 1. The highest BCUT2D eigenvalue weighted by atomic mass is 19.4. The van der Waals surface area contributed by atoms with Crippen LogP contribution in [0.1, 0.15) is 27.2 Å². The largest absolute Gasteiger partial charge is 0.469 e. The first-order valence-electron chi connectivity index (χ1n) is 5.92. The Morgan fingerprint density at radius 2 is 2.10 bits per heavy atom. The van der Waals surface area contributed by atoms with Crippen LogP contribution in [0.2, 0.25) is 0 Å². The molecular weight excluding hydrogens is 285 g/mol. The highest BCUT2D eigenvalue weighted by molar-refractivity contribution is 5.95. The van der Waals surface area contributed by atoms with Crippen LogP contribution in [0.5, 0.6) is 0 Å². The first-order chi connectivity index (χ1) is 9.88. The average Bonchev–Trinajstić information content (AvgIpc) is 2.84. The standard InChI is InChI=1S/C14H11F3N2O2/c1-9-12(5-6-21-9)13(20)19-18-8-10-3-2-4-11(7-10)14(15,16)17/h2-8H,1H3,(H,19,20). The molecule has 1 heterocycles. The third-order valence-electron chi connectivity index (χ3n) is 2.70. The molecule has 0 atom stereocenters. The number of nitrogens with zero attached hydrogens (tertiary/aromatic N) is 1. The number of hydrogen-bond donors (Lipinski definition) is 1. The summed E-state index contributed by atoms with van der Waals surface area (Å²) in [5, 5.41) is 3.63. The summed E-state index contributed by atoms with van der Waals surface area (Å²) in [4.78, 5) is 11.7. The van der Waals surface area contributed by atoms with Crippen molar-refractivity contribution in [3.63, 3.8) is 0 Å². The van der Waals surface area contributed by atoms with Crippen molar-refractivity contribution in [3.05, 3.63) is 59.0 Å². The normalized spacial score (nSPS) is 11.8. The fraction of sp³-hybridized carbons (Fsp3) is 0.143. The van der Waals surface area contributed by atoms with Crippen molar-refractivity contribution in [2.45, 2.75) is 13.1 Å². The van der Waals surface area contributed by atoms with Crippen LogP contribution in [0.15, 0.2) is 46.1 Å². The Kier molecular flexibility index (Phi) is 4.11. The van der Waals surface area contributed by atoms with Crippen LogP contribution in [-0.2, 0) is 6.18 Å². The molecule has 2 aromatic rings. The van der Waals surface area contributed by atoms with Crippen LogP contribution in [0.3, 0.4) is 0 Å². The van der Waals surface area contributed by atoms with Gasteiger partial charge in [0.2, 0.25) is 0 Å². The summed E-state index contributed by atoms with van der Waals surface area (Å²) in [6.07, 6.45) is -1.91. The van der Waals surface area contributed by atoms with Gasteiger partial charge in [-0.25, -0.2) is 5.43 Å². The molecule has 0 aliphatic heterocycles. The van der Waals surface area contributed by atoms with Gasteiger partial charge >= 0.3 is 6.18 Å². The van der Waals surface area contributed by atoms with Gasteiger partial charge < -0.3 is 4.42 Å². The lowest BCUT2D eigenvalue weighted by Gasteiger charge is -2.06. The van der Waals surface area contributed by atoms with E-state index in [-0.39, 0.29) is 5.56 Å². The van der Waals surface area contributed by atoms with E-state index in [0.717, 1.165) is 18.3 Å². The van der Waals surface area contributed by atoms with E-state index in [9.17, 15) is 18.0 Å². The summed E-state index contributed by atoms with van der Waals surface area (Å²) in [6, 6.07) is 6.11. The Labute approximate surface area is 118 Å². The maximum Gasteiger partial charge on any atom is 0.416 e. The molecule has 0 unspecified atom stereocenters. The number of hydrogen-bond acceptors (Lipinski definition) is 3. The van der Waals surface area contributed by atoms with E-state index in [0.29, 0.717) is 11.3 Å². The molecule has 110 valence electrons. The van der Waals surface area contributed by atoms with Crippen LogP contribution in [-0.4, -0.2) is 12.1 Å². The number of amides is 1. The van der Waals surface area contributed by atoms with Crippen molar-refractivity contribution in [1.29, 1.82) is 0 Å². The third-order valence-corrected chi connectivity index (χ3v) is 2.70. The number of nitrogens with one attached hydrogen (secondary N) is 1. The van der Waals surface area contributed by atoms with E-state index in [2.05, 4.69) is 10.5 Å². The highest BCUT2D eigenvalue weighted by Crippen LogP contribution is 2.29. The van der Waals surface area contributed by atoms with Gasteiger partial charge in [-0.05, 0) is 30.7 Å². The average molecular weight is 296 g/mol. The van der Waals surface area contributed by atoms with Crippen molar-refractivity contribution >= 4 is 12.1 Å². The van der Waals surface area contributed by atoms with Gasteiger partial charge in [0, 0.05) is 0 Å². The third kappa shape index (κ3) is 3.71. The molecule has 0 aliphatic rings. The van der Waals surface area contributed by atoms with Gasteiger partial charge in [0.1, 0.15) is 5.76 Å². The molecule has 0 fully saturated rings. The van der Waals surface area contributed by atoms with Gasteiger partial charge in [0.15, 0.2) is 0 Å². The Balaban J connectivity index is 2.05. The summed E-state index contributed by atoms with van der Waals surface area (Å²) in [5.41, 5.74) is 1.99. The van der Waals surface area contributed by atoms with E-state index >= 15 is 0 Å². The van der Waals surface area contributed by atoms with Crippen molar-refractivity contribution in [2.75, 3.05) is 0 Å². The Bertz CT molecular complexity index is 675. The topological polar surface area (TPSA) is 54.6 Å². The second-order valence-electron chi connectivity index (χ2n) is 4.21. The Morgan fingerprint density at radius 1 is 1.33 bits per heavy atom. The van der Waals surface area contributed by atoms with Crippen molar-refractivity contribution < 1.29 is 22.4 Å². The summed E-state index contributed by atoms with van der Waals surface area (Å²) >= 11 is 0. The lowest BCUT2D eigenvalue weighted by molar-refractivity contribution is -0.137. The lowest BCUT2D eigenvalue weighted by Crippen LogP contribution is -2.17. The number of halogens is 3. The highest BCUT2D eigenvalue weighted by Gasteiger charge is 2.30.